The lowest BCUT2D eigenvalue weighted by Gasteiger charge is -2.29. The van der Waals surface area contributed by atoms with Crippen LogP contribution in [0.5, 0.6) is 0 Å². The molecule has 2 aliphatic rings. The van der Waals surface area contributed by atoms with E-state index in [0.29, 0.717) is 5.92 Å². The second-order valence-electron chi connectivity index (χ2n) is 9.07. The molecular formula is C27H35N. The Morgan fingerprint density at radius 3 is 2.46 bits per heavy atom. The number of nitrogens with zero attached hydrogens (tertiary/aromatic N) is 1. The Labute approximate surface area is 171 Å². The highest BCUT2D eigenvalue weighted by Crippen LogP contribution is 2.40. The molecule has 0 radical (unpaired) electrons. The van der Waals surface area contributed by atoms with E-state index in [2.05, 4.69) is 61.7 Å². The van der Waals surface area contributed by atoms with E-state index in [1.807, 2.05) is 0 Å². The molecule has 0 aromatic heterocycles. The Hall–Kier alpha value is -1.86. The summed E-state index contributed by atoms with van der Waals surface area (Å²) in [6.45, 7) is 12.8. The lowest BCUT2D eigenvalue weighted by atomic mass is 9.75. The molecule has 1 atom stereocenters. The van der Waals surface area contributed by atoms with Gasteiger partial charge in [-0.25, -0.2) is 0 Å². The Bertz CT molecular complexity index is 824. The average molecular weight is 374 g/mol. The number of hydrogen-bond donors (Lipinski definition) is 0. The Kier molecular flexibility index (Phi) is 6.01. The van der Waals surface area contributed by atoms with Crippen molar-refractivity contribution in [1.82, 2.24) is 4.90 Å². The quantitative estimate of drug-likeness (QED) is 0.581. The van der Waals surface area contributed by atoms with Crippen molar-refractivity contribution in [3.8, 4) is 0 Å². The fourth-order valence-corrected chi connectivity index (χ4v) is 5.25. The Morgan fingerprint density at radius 2 is 1.71 bits per heavy atom. The first-order chi connectivity index (χ1) is 13.6. The smallest absolute Gasteiger partial charge is 0.00156 e. The van der Waals surface area contributed by atoms with Crippen LogP contribution in [-0.4, -0.2) is 24.5 Å². The van der Waals surface area contributed by atoms with Gasteiger partial charge in [-0.15, -0.1) is 0 Å². The minimum atomic E-state index is 0.573. The number of fused-ring (bicyclic) bond motifs is 1. The van der Waals surface area contributed by atoms with Gasteiger partial charge >= 0.3 is 0 Å². The number of piperidine rings is 1. The summed E-state index contributed by atoms with van der Waals surface area (Å²) in [5.74, 6) is 0.573. The number of likely N-dealkylation sites (tertiary alicyclic amines) is 1. The topological polar surface area (TPSA) is 3.24 Å². The van der Waals surface area contributed by atoms with Gasteiger partial charge in [0.15, 0.2) is 0 Å². The monoisotopic (exact) mass is 373 g/mol. The molecule has 1 heteroatoms. The molecule has 2 aromatic carbocycles. The second-order valence-corrected chi connectivity index (χ2v) is 9.07. The van der Waals surface area contributed by atoms with Crippen molar-refractivity contribution in [2.24, 2.45) is 0 Å². The predicted octanol–water partition coefficient (Wildman–Crippen LogP) is 6.47. The van der Waals surface area contributed by atoms with Gasteiger partial charge in [0, 0.05) is 0 Å². The molecule has 1 aliphatic carbocycles. The number of benzene rings is 2. The van der Waals surface area contributed by atoms with Crippen LogP contribution in [0.1, 0.15) is 71.4 Å². The predicted molar refractivity (Wildman–Crippen MR) is 121 cm³/mol. The van der Waals surface area contributed by atoms with Crippen LogP contribution >= 0.6 is 0 Å². The van der Waals surface area contributed by atoms with E-state index < -0.39 is 0 Å². The summed E-state index contributed by atoms with van der Waals surface area (Å²) in [6.07, 6.45) is 8.92. The number of aryl methyl sites for hydroxylation is 3. The molecule has 28 heavy (non-hydrogen) atoms. The van der Waals surface area contributed by atoms with Gasteiger partial charge in [-0.2, -0.15) is 0 Å². The molecule has 0 bridgehead atoms. The van der Waals surface area contributed by atoms with Crippen LogP contribution < -0.4 is 0 Å². The summed E-state index contributed by atoms with van der Waals surface area (Å²) in [5, 5.41) is 0. The average Bonchev–Trinajstić information content (AvgIpc) is 2.69. The van der Waals surface area contributed by atoms with E-state index in [-0.39, 0.29) is 0 Å². The molecule has 0 saturated carbocycles. The molecule has 1 aliphatic heterocycles. The normalized spacial score (nSPS) is 20.2. The molecule has 1 fully saturated rings. The van der Waals surface area contributed by atoms with E-state index >= 15 is 0 Å². The maximum atomic E-state index is 4.46. The molecular weight excluding hydrogens is 338 g/mol. The van der Waals surface area contributed by atoms with Crippen molar-refractivity contribution in [3.05, 3.63) is 76.4 Å². The molecule has 4 rings (SSSR count). The largest absolute Gasteiger partial charge is 0.303 e. The lowest BCUT2D eigenvalue weighted by molar-refractivity contribution is 0.226. The number of hydrogen-bond acceptors (Lipinski definition) is 1. The van der Waals surface area contributed by atoms with Crippen molar-refractivity contribution < 1.29 is 0 Å². The van der Waals surface area contributed by atoms with Gasteiger partial charge in [0.2, 0.25) is 0 Å². The van der Waals surface area contributed by atoms with Gasteiger partial charge in [-0.05, 0) is 111 Å². The zero-order valence-electron chi connectivity index (χ0n) is 17.8. The first-order valence-corrected chi connectivity index (χ1v) is 11.2. The first-order valence-electron chi connectivity index (χ1n) is 11.2. The molecule has 0 spiro atoms. The molecule has 1 unspecified atom stereocenters. The minimum absolute atomic E-state index is 0.573. The van der Waals surface area contributed by atoms with E-state index in [0.717, 1.165) is 12.8 Å². The SMILES string of the molecule is C=C1CC(c2ccc(C)cc2)Cc2cc(CCCN3CCCCC3)cc(C)c21. The lowest BCUT2D eigenvalue weighted by Crippen LogP contribution is -2.30. The standard InChI is InChI=1S/C27H35N/c1-20-9-11-24(12-10-20)25-17-22(3)27-21(2)16-23(18-26(27)19-25)8-7-15-28-13-5-4-6-14-28/h9-12,16,18,25H,3-8,13-15,17,19H2,1-2H3. The van der Waals surface area contributed by atoms with Crippen molar-refractivity contribution in [3.63, 3.8) is 0 Å². The van der Waals surface area contributed by atoms with Crippen LogP contribution in [0.15, 0.2) is 43.0 Å². The van der Waals surface area contributed by atoms with Gasteiger partial charge < -0.3 is 4.90 Å². The van der Waals surface area contributed by atoms with Crippen LogP contribution in [0.4, 0.5) is 0 Å². The van der Waals surface area contributed by atoms with Gasteiger partial charge in [0.05, 0.1) is 0 Å². The van der Waals surface area contributed by atoms with E-state index in [1.165, 1.54) is 90.7 Å². The van der Waals surface area contributed by atoms with Crippen LogP contribution in [0.25, 0.3) is 5.57 Å². The van der Waals surface area contributed by atoms with E-state index in [9.17, 15) is 0 Å². The van der Waals surface area contributed by atoms with Crippen LogP contribution in [0, 0.1) is 13.8 Å². The fourth-order valence-electron chi connectivity index (χ4n) is 5.25. The van der Waals surface area contributed by atoms with Gasteiger partial charge in [-0.3, -0.25) is 0 Å². The summed E-state index contributed by atoms with van der Waals surface area (Å²) < 4.78 is 0. The van der Waals surface area contributed by atoms with Gasteiger partial charge in [-0.1, -0.05) is 55.0 Å². The van der Waals surface area contributed by atoms with Crippen LogP contribution in [0.3, 0.4) is 0 Å². The van der Waals surface area contributed by atoms with Gasteiger partial charge in [0.25, 0.3) is 0 Å². The zero-order valence-corrected chi connectivity index (χ0v) is 17.8. The summed E-state index contributed by atoms with van der Waals surface area (Å²) in [5.41, 5.74) is 10.0. The van der Waals surface area contributed by atoms with Crippen molar-refractivity contribution in [2.45, 2.75) is 64.7 Å². The number of allylic oxidation sites excluding steroid dienone is 1. The zero-order chi connectivity index (χ0) is 19.5. The van der Waals surface area contributed by atoms with Crippen molar-refractivity contribution in [1.29, 1.82) is 0 Å². The maximum absolute atomic E-state index is 4.46. The summed E-state index contributed by atoms with van der Waals surface area (Å²) in [6, 6.07) is 14.0. The summed E-state index contributed by atoms with van der Waals surface area (Å²) in [7, 11) is 0. The molecule has 0 amide bonds. The van der Waals surface area contributed by atoms with Crippen molar-refractivity contribution in [2.75, 3.05) is 19.6 Å². The molecule has 148 valence electrons. The molecule has 2 aromatic rings. The first kappa shape index (κ1) is 19.5. The van der Waals surface area contributed by atoms with Gasteiger partial charge in [0.1, 0.15) is 0 Å². The highest BCUT2D eigenvalue weighted by Gasteiger charge is 2.24. The third kappa shape index (κ3) is 4.41. The third-order valence-corrected chi connectivity index (χ3v) is 6.73. The van der Waals surface area contributed by atoms with Crippen molar-refractivity contribution >= 4 is 5.57 Å². The highest BCUT2D eigenvalue weighted by atomic mass is 15.1. The third-order valence-electron chi connectivity index (χ3n) is 6.73. The molecule has 1 nitrogen and oxygen atoms in total. The highest BCUT2D eigenvalue weighted by molar-refractivity contribution is 5.72. The molecule has 1 heterocycles. The second kappa shape index (κ2) is 8.66. The Balaban J connectivity index is 1.47. The summed E-state index contributed by atoms with van der Waals surface area (Å²) >= 11 is 0. The fraction of sp³-hybridized carbons (Fsp3) is 0.481. The number of rotatable bonds is 5. The maximum Gasteiger partial charge on any atom is -0.00156 e. The van der Waals surface area contributed by atoms with Crippen LogP contribution in [0.2, 0.25) is 0 Å². The molecule has 0 N–H and O–H groups in total. The van der Waals surface area contributed by atoms with E-state index in [1.54, 1.807) is 0 Å². The van der Waals surface area contributed by atoms with E-state index in [4.69, 9.17) is 0 Å². The summed E-state index contributed by atoms with van der Waals surface area (Å²) in [4.78, 5) is 2.66. The molecule has 1 saturated heterocycles. The Morgan fingerprint density at radius 1 is 0.964 bits per heavy atom. The van der Waals surface area contributed by atoms with Crippen LogP contribution in [-0.2, 0) is 12.8 Å². The minimum Gasteiger partial charge on any atom is -0.303 e.